The summed E-state index contributed by atoms with van der Waals surface area (Å²) in [6.07, 6.45) is 9.72. The highest BCUT2D eigenvalue weighted by atomic mass is 32.2. The van der Waals surface area contributed by atoms with E-state index in [0.717, 1.165) is 62.9 Å². The van der Waals surface area contributed by atoms with Gasteiger partial charge in [0.2, 0.25) is 0 Å². The maximum Gasteiger partial charge on any atom is 0.312 e. The molecule has 10 rings (SSSR count). The van der Waals surface area contributed by atoms with Crippen molar-refractivity contribution in [2.24, 2.45) is 5.41 Å². The average Bonchev–Trinajstić information content (AvgIpc) is 3.98. The molecule has 0 radical (unpaired) electrons. The second-order valence-electron chi connectivity index (χ2n) is 19.7. The Hall–Kier alpha value is -5.69. The van der Waals surface area contributed by atoms with Gasteiger partial charge in [-0.25, -0.2) is 26.9 Å². The van der Waals surface area contributed by atoms with Crippen LogP contribution in [-0.2, 0) is 14.8 Å². The number of fused-ring (bicyclic) bond motifs is 1. The molecular formula is C50H57F2N7O8S. The smallest absolute Gasteiger partial charge is 0.312 e. The van der Waals surface area contributed by atoms with Crippen molar-refractivity contribution in [2.75, 3.05) is 57.4 Å². The number of carbonyl (C=O) groups is 1. The summed E-state index contributed by atoms with van der Waals surface area (Å²) in [6.45, 7) is 8.49. The number of alkyl halides is 1. The van der Waals surface area contributed by atoms with E-state index in [0.29, 0.717) is 68.4 Å². The number of hydrogen-bond acceptors (Lipinski definition) is 12. The predicted octanol–water partition coefficient (Wildman–Crippen LogP) is 8.81. The summed E-state index contributed by atoms with van der Waals surface area (Å²) in [6, 6.07) is 18.7. The van der Waals surface area contributed by atoms with Gasteiger partial charge in [0, 0.05) is 62.0 Å². The lowest BCUT2D eigenvalue weighted by molar-refractivity contribution is -0.386. The number of carbonyl (C=O) groups excluding carboxylic acids is 1. The van der Waals surface area contributed by atoms with E-state index in [-0.39, 0.29) is 47.2 Å². The molecule has 6 heterocycles. The zero-order valence-corrected chi connectivity index (χ0v) is 39.1. The van der Waals surface area contributed by atoms with Gasteiger partial charge in [-0.3, -0.25) is 24.7 Å². The highest BCUT2D eigenvalue weighted by Crippen LogP contribution is 2.54. The lowest BCUT2D eigenvalue weighted by atomic mass is 9.59. The number of sulfonamides is 1. The first-order chi connectivity index (χ1) is 32.7. The minimum absolute atomic E-state index is 0.113. The second kappa shape index (κ2) is 18.3. The van der Waals surface area contributed by atoms with Gasteiger partial charge < -0.3 is 24.1 Å². The molecule has 360 valence electrons. The zero-order chi connectivity index (χ0) is 47.4. The summed E-state index contributed by atoms with van der Waals surface area (Å²) in [5.41, 5.74) is 0.944. The quantitative estimate of drug-likeness (QED) is 0.0802. The number of nitrogens with zero attached hydrogens (tertiary/aromatic N) is 5. The number of pyridine rings is 1. The third-order valence-corrected chi connectivity index (χ3v) is 16.4. The van der Waals surface area contributed by atoms with Crippen molar-refractivity contribution in [3.63, 3.8) is 0 Å². The molecule has 5 aromatic rings. The van der Waals surface area contributed by atoms with E-state index in [1.807, 2.05) is 9.62 Å². The molecule has 4 saturated heterocycles. The van der Waals surface area contributed by atoms with Crippen LogP contribution in [0.3, 0.4) is 0 Å². The maximum absolute atomic E-state index is 16.4. The molecular weight excluding hydrogens is 897 g/mol. The Morgan fingerprint density at radius 2 is 1.75 bits per heavy atom. The first-order valence-corrected chi connectivity index (χ1v) is 25.2. The van der Waals surface area contributed by atoms with Crippen LogP contribution in [0, 0.1) is 21.3 Å². The van der Waals surface area contributed by atoms with Gasteiger partial charge in [0.25, 0.3) is 15.9 Å². The Labute approximate surface area is 394 Å². The van der Waals surface area contributed by atoms with Crippen LogP contribution >= 0.6 is 0 Å². The number of halogens is 2. The molecule has 5 aliphatic rings. The van der Waals surface area contributed by atoms with E-state index in [4.69, 9.17) is 14.2 Å². The number of benzene rings is 3. The summed E-state index contributed by atoms with van der Waals surface area (Å²) in [7, 11) is -4.80. The van der Waals surface area contributed by atoms with Crippen LogP contribution in [0.5, 0.6) is 17.2 Å². The number of amides is 1. The normalized spacial score (nSPS) is 21.2. The van der Waals surface area contributed by atoms with Crippen molar-refractivity contribution < 1.29 is 41.1 Å². The summed E-state index contributed by atoms with van der Waals surface area (Å²) in [5, 5.41) is 12.9. The van der Waals surface area contributed by atoms with Crippen LogP contribution in [0.25, 0.3) is 11.0 Å². The summed E-state index contributed by atoms with van der Waals surface area (Å²) in [4.78, 5) is 38.9. The topological polar surface area (TPSA) is 172 Å². The summed E-state index contributed by atoms with van der Waals surface area (Å²) in [5.74, 6) is -1.72. The van der Waals surface area contributed by atoms with Crippen LogP contribution in [0.1, 0.15) is 98.7 Å². The number of piperidine rings is 2. The van der Waals surface area contributed by atoms with Crippen LogP contribution in [-0.4, -0.2) is 109 Å². The van der Waals surface area contributed by atoms with E-state index in [2.05, 4.69) is 57.9 Å². The molecule has 68 heavy (non-hydrogen) atoms. The van der Waals surface area contributed by atoms with Gasteiger partial charge in [0.15, 0.2) is 5.75 Å². The third-order valence-electron chi connectivity index (χ3n) is 15.1. The average molecular weight is 954 g/mol. The van der Waals surface area contributed by atoms with E-state index < -0.39 is 55.1 Å². The molecule has 15 nitrogen and oxygen atoms in total. The number of nitro benzene ring substituents is 1. The lowest BCUT2D eigenvalue weighted by Gasteiger charge is -2.56. The molecule has 1 unspecified atom stereocenters. The molecule has 1 saturated carbocycles. The van der Waals surface area contributed by atoms with Crippen molar-refractivity contribution in [1.82, 2.24) is 24.5 Å². The minimum atomic E-state index is -4.80. The number of hydrogen-bond donors (Lipinski definition) is 2. The van der Waals surface area contributed by atoms with E-state index in [9.17, 15) is 23.3 Å². The van der Waals surface area contributed by atoms with Gasteiger partial charge in [-0.2, -0.15) is 0 Å². The molecule has 1 aliphatic carbocycles. The van der Waals surface area contributed by atoms with Crippen LogP contribution in [0.15, 0.2) is 84.0 Å². The number of nitro groups is 1. The van der Waals surface area contributed by atoms with Crippen molar-refractivity contribution in [3.8, 4) is 17.2 Å². The van der Waals surface area contributed by atoms with Gasteiger partial charge in [0.05, 0.1) is 46.5 Å². The lowest BCUT2D eigenvalue weighted by Crippen LogP contribution is -2.55. The number of anilines is 1. The Morgan fingerprint density at radius 1 is 0.985 bits per heavy atom. The number of aromatic nitrogens is 2. The van der Waals surface area contributed by atoms with Crippen LogP contribution in [0.4, 0.5) is 20.2 Å². The van der Waals surface area contributed by atoms with E-state index in [1.54, 1.807) is 18.3 Å². The fraction of sp³-hybridized carbons (Fsp3) is 0.480. The first-order valence-electron chi connectivity index (χ1n) is 23.7. The molecule has 2 N–H and O–H groups in total. The van der Waals surface area contributed by atoms with Crippen molar-refractivity contribution in [3.05, 3.63) is 112 Å². The molecule has 18 heteroatoms. The largest absolute Gasteiger partial charge is 0.483 e. The van der Waals surface area contributed by atoms with Crippen molar-refractivity contribution >= 4 is 38.3 Å². The fourth-order valence-corrected chi connectivity index (χ4v) is 12.1. The monoisotopic (exact) mass is 953 g/mol. The molecule has 1 atom stereocenters. The zero-order valence-electron chi connectivity index (χ0n) is 38.3. The first kappa shape index (κ1) is 46.1. The van der Waals surface area contributed by atoms with Gasteiger partial charge in [-0.05, 0) is 111 Å². The number of H-pyrrole nitrogens is 1. The molecule has 1 amide bonds. The van der Waals surface area contributed by atoms with E-state index >= 15 is 8.78 Å². The Morgan fingerprint density at radius 3 is 2.47 bits per heavy atom. The van der Waals surface area contributed by atoms with E-state index in [1.165, 1.54) is 29.8 Å². The Kier molecular flexibility index (Phi) is 12.4. The molecule has 3 aromatic carbocycles. The highest BCUT2D eigenvalue weighted by molar-refractivity contribution is 7.90. The maximum atomic E-state index is 16.4. The summed E-state index contributed by atoms with van der Waals surface area (Å²) >= 11 is 0. The number of aromatic amines is 1. The molecule has 2 aromatic heterocycles. The van der Waals surface area contributed by atoms with Gasteiger partial charge in [-0.1, -0.05) is 38.1 Å². The number of rotatable bonds is 14. The molecule has 1 spiro atoms. The number of nitrogens with one attached hydrogen (secondary N) is 2. The van der Waals surface area contributed by atoms with Crippen LogP contribution < -0.4 is 19.1 Å². The number of ether oxygens (including phenoxy) is 3. The molecule has 5 fully saturated rings. The predicted molar refractivity (Wildman–Crippen MR) is 251 cm³/mol. The second-order valence-corrected chi connectivity index (χ2v) is 21.4. The molecule has 0 bridgehead atoms. The van der Waals surface area contributed by atoms with Crippen LogP contribution in [0.2, 0.25) is 0 Å². The SMILES string of the molecule is CC(C)c1ccccc1C1CCCN1C1CC2(CCN(c3cc(Oc4cnc5[nH]ccc5c4)c(C(=O)NS(=O)(=O)c4ccc(OCC5(F)CCN(C6COC6)CC5)c([N+](=O)[O-])c4)cc3F)CC2)C1. The molecule has 4 aliphatic heterocycles. The standard InChI is InChI=1S/C50H57F2N7O8S/c1-32(2)38-6-3-4-7-39(38)42-8-5-17-58(42)34-26-49(27-34)12-18-57(19-13-49)43-25-46(67-36-22-33-11-16-53-47(33)54-28-36)40(24-41(43)51)48(60)55-68(63,64)37-9-10-45(44(23-37)59(61)62)66-31-50(52)14-20-56(21-15-50)35-29-65-30-35/h3-4,6-7,9-11,16,22-25,28,32,34-35,42H,5,8,12-15,17-21,26-27,29-31H2,1-2H3,(H,53,54)(H,55,60). The van der Waals surface area contributed by atoms with Gasteiger partial charge >= 0.3 is 5.69 Å². The van der Waals surface area contributed by atoms with Crippen molar-refractivity contribution in [1.29, 1.82) is 0 Å². The minimum Gasteiger partial charge on any atom is -0.483 e. The highest BCUT2D eigenvalue weighted by Gasteiger charge is 2.50. The third kappa shape index (κ3) is 9.15. The van der Waals surface area contributed by atoms with Gasteiger partial charge in [-0.15, -0.1) is 0 Å². The summed E-state index contributed by atoms with van der Waals surface area (Å²) < 4.78 is 78.7. The Bertz CT molecular complexity index is 2810. The van der Waals surface area contributed by atoms with Gasteiger partial charge in [0.1, 0.15) is 35.2 Å². The van der Waals surface area contributed by atoms with Crippen molar-refractivity contribution in [2.45, 2.75) is 99.8 Å². The number of likely N-dealkylation sites (tertiary alicyclic amines) is 2. The Balaban J connectivity index is 0.841. The fourth-order valence-electron chi connectivity index (χ4n) is 11.1.